The maximum atomic E-state index is 9.55. The predicted molar refractivity (Wildman–Crippen MR) is 85.2 cm³/mol. The van der Waals surface area contributed by atoms with E-state index in [1.54, 1.807) is 17.4 Å². The number of aromatic hydroxyl groups is 2. The van der Waals surface area contributed by atoms with Gasteiger partial charge in [-0.25, -0.2) is 0 Å². The maximum Gasteiger partial charge on any atom is 0.247 e. The number of hydrogen-bond donors (Lipinski definition) is 2. The Morgan fingerprint density at radius 2 is 2.09 bits per heavy atom. The molecule has 0 radical (unpaired) electrons. The summed E-state index contributed by atoms with van der Waals surface area (Å²) in [7, 11) is 0. The highest BCUT2D eigenvalue weighted by Gasteiger charge is 2.20. The van der Waals surface area contributed by atoms with Crippen LogP contribution in [0.2, 0.25) is 0 Å². The zero-order valence-electron chi connectivity index (χ0n) is 12.3. The first-order valence-electron chi connectivity index (χ1n) is 7.31. The quantitative estimate of drug-likeness (QED) is 0.719. The highest BCUT2D eigenvalue weighted by molar-refractivity contribution is 7.10. The van der Waals surface area contributed by atoms with Gasteiger partial charge < -0.3 is 14.6 Å². The van der Waals surface area contributed by atoms with Crippen LogP contribution in [-0.4, -0.2) is 31.9 Å². The maximum absolute atomic E-state index is 9.55. The summed E-state index contributed by atoms with van der Waals surface area (Å²) in [6.45, 7) is 2.49. The molecule has 2 N–H and O–H groups in total. The summed E-state index contributed by atoms with van der Waals surface area (Å²) in [6.07, 6.45) is 1.05. The van der Waals surface area contributed by atoms with Crippen LogP contribution in [0, 0.1) is 0 Å². The SMILES string of the molecule is Oc1ccc(-c2nnc(CN3CCc4ccsc4C3)o2)cc1O. The molecule has 0 unspecified atom stereocenters. The van der Waals surface area contributed by atoms with Crippen molar-refractivity contribution in [1.82, 2.24) is 15.1 Å². The molecular weight excluding hydrogens is 314 g/mol. The number of thiophene rings is 1. The fourth-order valence-electron chi connectivity index (χ4n) is 2.71. The minimum atomic E-state index is -0.205. The van der Waals surface area contributed by atoms with Crippen molar-refractivity contribution in [1.29, 1.82) is 0 Å². The third kappa shape index (κ3) is 2.80. The molecule has 6 nitrogen and oxygen atoms in total. The Balaban J connectivity index is 1.49. The molecule has 0 atom stereocenters. The van der Waals surface area contributed by atoms with Gasteiger partial charge in [0.2, 0.25) is 11.8 Å². The normalized spacial score (nSPS) is 14.8. The molecule has 118 valence electrons. The molecule has 0 spiro atoms. The summed E-state index contributed by atoms with van der Waals surface area (Å²) in [5, 5.41) is 29.1. The van der Waals surface area contributed by atoms with Crippen molar-refractivity contribution in [3.63, 3.8) is 0 Å². The topological polar surface area (TPSA) is 82.6 Å². The van der Waals surface area contributed by atoms with Gasteiger partial charge in [0.15, 0.2) is 11.5 Å². The summed E-state index contributed by atoms with van der Waals surface area (Å²) in [5.41, 5.74) is 2.02. The van der Waals surface area contributed by atoms with Crippen molar-refractivity contribution < 1.29 is 14.6 Å². The van der Waals surface area contributed by atoms with Crippen LogP contribution >= 0.6 is 11.3 Å². The molecule has 3 heterocycles. The summed E-state index contributed by atoms with van der Waals surface area (Å²) in [4.78, 5) is 3.68. The van der Waals surface area contributed by atoms with Gasteiger partial charge >= 0.3 is 0 Å². The van der Waals surface area contributed by atoms with E-state index in [0.717, 1.165) is 19.5 Å². The highest BCUT2D eigenvalue weighted by Crippen LogP contribution is 2.30. The minimum Gasteiger partial charge on any atom is -0.504 e. The van der Waals surface area contributed by atoms with E-state index < -0.39 is 0 Å². The molecule has 4 rings (SSSR count). The molecule has 23 heavy (non-hydrogen) atoms. The van der Waals surface area contributed by atoms with Crippen LogP contribution in [0.25, 0.3) is 11.5 Å². The van der Waals surface area contributed by atoms with E-state index >= 15 is 0 Å². The van der Waals surface area contributed by atoms with Crippen molar-refractivity contribution in [3.8, 4) is 23.0 Å². The molecule has 2 aromatic heterocycles. The molecule has 3 aromatic rings. The molecule has 0 fully saturated rings. The number of fused-ring (bicyclic) bond motifs is 1. The number of hydrogen-bond acceptors (Lipinski definition) is 7. The van der Waals surface area contributed by atoms with E-state index in [4.69, 9.17) is 4.42 Å². The molecule has 1 aliphatic heterocycles. The van der Waals surface area contributed by atoms with Crippen molar-refractivity contribution >= 4 is 11.3 Å². The smallest absolute Gasteiger partial charge is 0.247 e. The van der Waals surface area contributed by atoms with E-state index in [-0.39, 0.29) is 11.5 Å². The first kappa shape index (κ1) is 14.2. The fraction of sp³-hybridized carbons (Fsp3) is 0.250. The monoisotopic (exact) mass is 329 g/mol. The van der Waals surface area contributed by atoms with Gasteiger partial charge in [-0.05, 0) is 41.6 Å². The van der Waals surface area contributed by atoms with E-state index in [2.05, 4.69) is 26.5 Å². The number of nitrogens with zero attached hydrogens (tertiary/aromatic N) is 3. The number of aromatic nitrogens is 2. The molecule has 1 aromatic carbocycles. The molecular formula is C16H15N3O3S. The van der Waals surface area contributed by atoms with Gasteiger partial charge in [0.25, 0.3) is 0 Å². The zero-order valence-corrected chi connectivity index (χ0v) is 13.1. The molecule has 7 heteroatoms. The van der Waals surface area contributed by atoms with Crippen LogP contribution in [0.3, 0.4) is 0 Å². The standard InChI is InChI=1S/C16H15N3O3S/c20-12-2-1-11(7-13(12)21)16-18-17-15(22-16)9-19-5-3-10-4-6-23-14(10)8-19/h1-2,4,6-7,20-21H,3,5,8-9H2. The summed E-state index contributed by atoms with van der Waals surface area (Å²) in [5.74, 6) is 0.508. The van der Waals surface area contributed by atoms with Crippen LogP contribution in [-0.2, 0) is 19.5 Å². The van der Waals surface area contributed by atoms with Gasteiger partial charge in [0, 0.05) is 23.5 Å². The molecule has 0 bridgehead atoms. The molecule has 0 saturated heterocycles. The second-order valence-electron chi connectivity index (χ2n) is 5.53. The summed E-state index contributed by atoms with van der Waals surface area (Å²) >= 11 is 1.78. The Bertz CT molecular complexity index is 843. The summed E-state index contributed by atoms with van der Waals surface area (Å²) in [6, 6.07) is 6.63. The van der Waals surface area contributed by atoms with Crippen LogP contribution in [0.5, 0.6) is 11.5 Å². The van der Waals surface area contributed by atoms with Gasteiger partial charge in [-0.2, -0.15) is 0 Å². The number of phenolic OH excluding ortho intramolecular Hbond substituents is 2. The third-order valence-electron chi connectivity index (χ3n) is 3.95. The lowest BCUT2D eigenvalue weighted by Crippen LogP contribution is -2.29. The molecule has 1 aliphatic rings. The first-order valence-corrected chi connectivity index (χ1v) is 8.19. The predicted octanol–water partition coefficient (Wildman–Crippen LogP) is 2.77. The lowest BCUT2D eigenvalue weighted by molar-refractivity contribution is 0.225. The second kappa shape index (κ2) is 5.68. The molecule has 0 amide bonds. The van der Waals surface area contributed by atoms with E-state index in [9.17, 15) is 10.2 Å². The highest BCUT2D eigenvalue weighted by atomic mass is 32.1. The Morgan fingerprint density at radius 1 is 1.17 bits per heavy atom. The van der Waals surface area contributed by atoms with Crippen LogP contribution in [0.15, 0.2) is 34.1 Å². The van der Waals surface area contributed by atoms with Crippen LogP contribution in [0.1, 0.15) is 16.3 Å². The Morgan fingerprint density at radius 3 is 2.96 bits per heavy atom. The molecule has 0 saturated carbocycles. The number of rotatable bonds is 3. The Hall–Kier alpha value is -2.38. The van der Waals surface area contributed by atoms with Crippen LogP contribution in [0.4, 0.5) is 0 Å². The first-order chi connectivity index (χ1) is 11.2. The minimum absolute atomic E-state index is 0.173. The Kier molecular flexibility index (Phi) is 3.51. The fourth-order valence-corrected chi connectivity index (χ4v) is 3.68. The summed E-state index contributed by atoms with van der Waals surface area (Å²) < 4.78 is 5.68. The second-order valence-corrected chi connectivity index (χ2v) is 6.53. The van der Waals surface area contributed by atoms with Gasteiger partial charge in [-0.15, -0.1) is 21.5 Å². The largest absolute Gasteiger partial charge is 0.504 e. The van der Waals surface area contributed by atoms with E-state index in [1.165, 1.54) is 22.6 Å². The average Bonchev–Trinajstić information content (AvgIpc) is 3.19. The van der Waals surface area contributed by atoms with Gasteiger partial charge in [-0.1, -0.05) is 0 Å². The number of benzene rings is 1. The van der Waals surface area contributed by atoms with Gasteiger partial charge in [0.1, 0.15) is 0 Å². The lowest BCUT2D eigenvalue weighted by atomic mass is 10.1. The van der Waals surface area contributed by atoms with Gasteiger partial charge in [-0.3, -0.25) is 4.90 Å². The van der Waals surface area contributed by atoms with Crippen molar-refractivity contribution in [3.05, 3.63) is 46.0 Å². The Labute approximate surface area is 136 Å². The van der Waals surface area contributed by atoms with Crippen LogP contribution < -0.4 is 0 Å². The number of phenols is 2. The lowest BCUT2D eigenvalue weighted by Gasteiger charge is -2.24. The van der Waals surface area contributed by atoms with E-state index in [1.807, 2.05) is 0 Å². The third-order valence-corrected chi connectivity index (χ3v) is 4.90. The molecule has 0 aliphatic carbocycles. The van der Waals surface area contributed by atoms with Crippen molar-refractivity contribution in [2.24, 2.45) is 0 Å². The van der Waals surface area contributed by atoms with Gasteiger partial charge in [0.05, 0.1) is 6.54 Å². The van der Waals surface area contributed by atoms with E-state index in [0.29, 0.717) is 23.9 Å². The van der Waals surface area contributed by atoms with Crippen molar-refractivity contribution in [2.45, 2.75) is 19.5 Å². The average molecular weight is 329 g/mol. The van der Waals surface area contributed by atoms with Crippen molar-refractivity contribution in [2.75, 3.05) is 6.54 Å². The zero-order chi connectivity index (χ0) is 15.8.